The Morgan fingerprint density at radius 3 is 1.96 bits per heavy atom. The second-order valence-corrected chi connectivity index (χ2v) is 7.37. The Kier molecular flexibility index (Phi) is 5.33. The van der Waals surface area contributed by atoms with Crippen molar-refractivity contribution < 1.29 is 14.4 Å². The van der Waals surface area contributed by atoms with Crippen LogP contribution in [0.2, 0.25) is 5.02 Å². The van der Waals surface area contributed by atoms with Gasteiger partial charge in [0.25, 0.3) is 11.8 Å². The van der Waals surface area contributed by atoms with Crippen LogP contribution in [0.5, 0.6) is 0 Å². The molecule has 2 atom stereocenters. The molecule has 140 valence electrons. The summed E-state index contributed by atoms with van der Waals surface area (Å²) in [5.74, 6) is -1.50. The molecule has 1 aliphatic rings. The predicted octanol–water partition coefficient (Wildman–Crippen LogP) is 3.84. The molecular formula is C21H21ClN2O3. The first-order chi connectivity index (χ1) is 12.8. The van der Waals surface area contributed by atoms with Crippen LogP contribution in [-0.4, -0.2) is 28.7 Å². The van der Waals surface area contributed by atoms with E-state index in [4.69, 9.17) is 11.6 Å². The highest BCUT2D eigenvalue weighted by atomic mass is 35.5. The average Bonchev–Trinajstić information content (AvgIpc) is 2.87. The maximum atomic E-state index is 13.0. The lowest BCUT2D eigenvalue weighted by atomic mass is 10.00. The molecule has 2 aromatic rings. The number of hydrogen-bond acceptors (Lipinski definition) is 3. The van der Waals surface area contributed by atoms with Crippen LogP contribution in [0.4, 0.5) is 0 Å². The lowest BCUT2D eigenvalue weighted by Gasteiger charge is -2.29. The minimum absolute atomic E-state index is 0.245. The fourth-order valence-electron chi connectivity index (χ4n) is 3.38. The predicted molar refractivity (Wildman–Crippen MR) is 104 cm³/mol. The first-order valence-electron chi connectivity index (χ1n) is 8.84. The Labute approximate surface area is 163 Å². The summed E-state index contributed by atoms with van der Waals surface area (Å²) < 4.78 is 0. The molecule has 0 fully saturated rings. The van der Waals surface area contributed by atoms with Crippen LogP contribution in [0.25, 0.3) is 0 Å². The molecule has 6 heteroatoms. The molecule has 0 bridgehead atoms. The molecule has 5 nitrogen and oxygen atoms in total. The maximum Gasteiger partial charge on any atom is 0.262 e. The minimum atomic E-state index is -0.901. The maximum absolute atomic E-state index is 13.0. The van der Waals surface area contributed by atoms with Gasteiger partial charge in [0, 0.05) is 5.02 Å². The van der Waals surface area contributed by atoms with Crippen molar-refractivity contribution in [2.45, 2.75) is 32.9 Å². The summed E-state index contributed by atoms with van der Waals surface area (Å²) in [5.41, 5.74) is 1.44. The summed E-state index contributed by atoms with van der Waals surface area (Å²) >= 11 is 6.21. The summed E-state index contributed by atoms with van der Waals surface area (Å²) in [6.07, 6.45) is 0. The third kappa shape index (κ3) is 3.47. The second-order valence-electron chi connectivity index (χ2n) is 6.97. The standard InChI is InChI=1S/C21H21ClN2O3/c1-12(2)18(19(25)23-13(3)14-8-6-7-11-17(14)22)24-20(26)15-9-4-5-10-16(15)21(24)27/h4-13,18H,1-3H3,(H,23,25). The van der Waals surface area contributed by atoms with E-state index in [1.54, 1.807) is 30.3 Å². The number of carbonyl (C=O) groups is 3. The summed E-state index contributed by atoms with van der Waals surface area (Å²) in [7, 11) is 0. The Hall–Kier alpha value is -2.66. The van der Waals surface area contributed by atoms with Crippen molar-refractivity contribution in [3.8, 4) is 0 Å². The number of halogens is 1. The van der Waals surface area contributed by atoms with Crippen molar-refractivity contribution in [3.63, 3.8) is 0 Å². The lowest BCUT2D eigenvalue weighted by Crippen LogP contribution is -2.52. The molecule has 2 unspecified atom stereocenters. The van der Waals surface area contributed by atoms with E-state index in [1.807, 2.05) is 39.0 Å². The first-order valence-corrected chi connectivity index (χ1v) is 9.22. The summed E-state index contributed by atoms with van der Waals surface area (Å²) in [4.78, 5) is 39.6. The second kappa shape index (κ2) is 7.53. The van der Waals surface area contributed by atoms with Gasteiger partial charge < -0.3 is 5.32 Å². The zero-order valence-electron chi connectivity index (χ0n) is 15.4. The highest BCUT2D eigenvalue weighted by Crippen LogP contribution is 2.28. The number of nitrogens with zero attached hydrogens (tertiary/aromatic N) is 1. The zero-order valence-corrected chi connectivity index (χ0v) is 16.2. The molecule has 2 aromatic carbocycles. The van der Waals surface area contributed by atoms with Gasteiger partial charge in [-0.05, 0) is 36.6 Å². The van der Waals surface area contributed by atoms with Crippen LogP contribution in [0.15, 0.2) is 48.5 Å². The molecule has 0 aliphatic carbocycles. The van der Waals surface area contributed by atoms with Crippen LogP contribution in [0.3, 0.4) is 0 Å². The van der Waals surface area contributed by atoms with Crippen LogP contribution >= 0.6 is 11.6 Å². The van der Waals surface area contributed by atoms with Crippen LogP contribution in [0.1, 0.15) is 53.1 Å². The topological polar surface area (TPSA) is 66.5 Å². The van der Waals surface area contributed by atoms with E-state index in [1.165, 1.54) is 0 Å². The number of carbonyl (C=O) groups excluding carboxylic acids is 3. The van der Waals surface area contributed by atoms with E-state index >= 15 is 0 Å². The SMILES string of the molecule is CC(NC(=O)C(C(C)C)N1C(=O)c2ccccc2C1=O)c1ccccc1Cl. The highest BCUT2D eigenvalue weighted by Gasteiger charge is 2.44. The number of imide groups is 1. The average molecular weight is 385 g/mol. The first kappa shape index (κ1) is 19.1. The number of nitrogens with one attached hydrogen (secondary N) is 1. The molecule has 27 heavy (non-hydrogen) atoms. The van der Waals surface area contributed by atoms with E-state index < -0.39 is 17.9 Å². The third-order valence-corrected chi connectivity index (χ3v) is 5.08. The number of hydrogen-bond donors (Lipinski definition) is 1. The van der Waals surface area contributed by atoms with Crippen LogP contribution in [-0.2, 0) is 4.79 Å². The highest BCUT2D eigenvalue weighted by molar-refractivity contribution is 6.31. The fourth-order valence-corrected chi connectivity index (χ4v) is 3.68. The molecule has 3 rings (SSSR count). The van der Waals surface area contributed by atoms with Gasteiger partial charge in [-0.25, -0.2) is 0 Å². The van der Waals surface area contributed by atoms with Gasteiger partial charge in [0.15, 0.2) is 0 Å². The monoisotopic (exact) mass is 384 g/mol. The summed E-state index contributed by atoms with van der Waals surface area (Å²) in [6.45, 7) is 5.45. The molecule has 1 aliphatic heterocycles. The van der Waals surface area contributed by atoms with Crippen molar-refractivity contribution in [1.82, 2.24) is 10.2 Å². The number of fused-ring (bicyclic) bond motifs is 1. The Morgan fingerprint density at radius 2 is 1.44 bits per heavy atom. The van der Waals surface area contributed by atoms with Gasteiger partial charge >= 0.3 is 0 Å². The number of rotatable bonds is 5. The van der Waals surface area contributed by atoms with Crippen molar-refractivity contribution in [3.05, 3.63) is 70.2 Å². The fraction of sp³-hybridized carbons (Fsp3) is 0.286. The van der Waals surface area contributed by atoms with E-state index in [0.717, 1.165) is 10.5 Å². The quantitative estimate of drug-likeness (QED) is 0.796. The van der Waals surface area contributed by atoms with E-state index in [-0.39, 0.29) is 17.9 Å². The van der Waals surface area contributed by atoms with Gasteiger partial charge in [0.05, 0.1) is 17.2 Å². The smallest absolute Gasteiger partial charge is 0.262 e. The summed E-state index contributed by atoms with van der Waals surface area (Å²) in [6, 6.07) is 12.6. The third-order valence-electron chi connectivity index (χ3n) is 4.73. The van der Waals surface area contributed by atoms with Gasteiger partial charge in [-0.15, -0.1) is 0 Å². The van der Waals surface area contributed by atoms with E-state index in [9.17, 15) is 14.4 Å². The minimum Gasteiger partial charge on any atom is -0.348 e. The Balaban J connectivity index is 1.86. The van der Waals surface area contributed by atoms with Gasteiger partial charge in [0.2, 0.25) is 5.91 Å². The molecule has 0 spiro atoms. The lowest BCUT2D eigenvalue weighted by molar-refractivity contribution is -0.127. The number of benzene rings is 2. The molecular weight excluding hydrogens is 364 g/mol. The van der Waals surface area contributed by atoms with Crippen molar-refractivity contribution >= 4 is 29.3 Å². The molecule has 1 N–H and O–H groups in total. The van der Waals surface area contributed by atoms with Gasteiger partial charge in [-0.2, -0.15) is 0 Å². The van der Waals surface area contributed by atoms with Crippen molar-refractivity contribution in [2.24, 2.45) is 5.92 Å². The zero-order chi connectivity index (χ0) is 19.7. The van der Waals surface area contributed by atoms with Crippen molar-refractivity contribution in [2.75, 3.05) is 0 Å². The van der Waals surface area contributed by atoms with Gasteiger partial charge in [-0.3, -0.25) is 19.3 Å². The molecule has 0 radical (unpaired) electrons. The molecule has 0 saturated heterocycles. The Morgan fingerprint density at radius 1 is 0.926 bits per heavy atom. The largest absolute Gasteiger partial charge is 0.348 e. The summed E-state index contributed by atoms with van der Waals surface area (Å²) in [5, 5.41) is 3.44. The van der Waals surface area contributed by atoms with Crippen molar-refractivity contribution in [1.29, 1.82) is 0 Å². The molecule has 0 aromatic heterocycles. The molecule has 3 amide bonds. The van der Waals surface area contributed by atoms with E-state index in [2.05, 4.69) is 5.32 Å². The Bertz CT molecular complexity index is 875. The normalized spacial score (nSPS) is 15.7. The molecule has 0 saturated carbocycles. The molecule has 1 heterocycles. The van der Waals surface area contributed by atoms with Crippen LogP contribution < -0.4 is 5.32 Å². The van der Waals surface area contributed by atoms with Gasteiger partial charge in [0.1, 0.15) is 6.04 Å². The number of amides is 3. The van der Waals surface area contributed by atoms with Gasteiger partial charge in [-0.1, -0.05) is 55.8 Å². The van der Waals surface area contributed by atoms with Crippen LogP contribution in [0, 0.1) is 5.92 Å². The van der Waals surface area contributed by atoms with E-state index in [0.29, 0.717) is 16.1 Å².